The molecule has 156 valence electrons. The molecule has 1 aliphatic heterocycles. The number of hydrogen-bond donors (Lipinski definition) is 1. The van der Waals surface area contributed by atoms with E-state index in [2.05, 4.69) is 30.3 Å². The summed E-state index contributed by atoms with van der Waals surface area (Å²) < 4.78 is 15.6. The van der Waals surface area contributed by atoms with Crippen LogP contribution in [0.5, 0.6) is 0 Å². The molecular formula is C22H20FN7O. The summed E-state index contributed by atoms with van der Waals surface area (Å²) in [7, 11) is 0. The predicted molar refractivity (Wildman–Crippen MR) is 115 cm³/mol. The van der Waals surface area contributed by atoms with Gasteiger partial charge in [0.05, 0.1) is 23.3 Å². The molecule has 4 aromatic rings. The standard InChI is InChI=1S/C22H20FN7O/c1-13-9-19-25-7-4-20(31)30(19)28-22(13)29-8-5-17-15(12-29)10-16(11-26-17)27-18-3-6-24-14(2)21(18)23/h3-4,6-7,9-11H,5,8,12H2,1-2H3,(H,24,27). The first-order valence-corrected chi connectivity index (χ1v) is 9.96. The van der Waals surface area contributed by atoms with Crippen molar-refractivity contribution in [3.05, 3.63) is 81.5 Å². The highest BCUT2D eigenvalue weighted by Crippen LogP contribution is 2.28. The molecule has 0 unspecified atom stereocenters. The van der Waals surface area contributed by atoms with Crippen LogP contribution in [0.3, 0.4) is 0 Å². The van der Waals surface area contributed by atoms with Crippen LogP contribution in [0, 0.1) is 19.7 Å². The number of anilines is 3. The zero-order chi connectivity index (χ0) is 21.5. The quantitative estimate of drug-likeness (QED) is 0.548. The van der Waals surface area contributed by atoms with E-state index in [-0.39, 0.29) is 11.4 Å². The van der Waals surface area contributed by atoms with E-state index in [1.807, 2.05) is 19.1 Å². The van der Waals surface area contributed by atoms with Crippen LogP contribution in [0.2, 0.25) is 0 Å². The molecule has 0 spiro atoms. The summed E-state index contributed by atoms with van der Waals surface area (Å²) in [5.41, 5.74) is 4.69. The van der Waals surface area contributed by atoms with Gasteiger partial charge < -0.3 is 10.2 Å². The Kier molecular flexibility index (Phi) is 4.58. The van der Waals surface area contributed by atoms with Crippen molar-refractivity contribution in [1.82, 2.24) is 24.6 Å². The molecule has 1 N–H and O–H groups in total. The summed E-state index contributed by atoms with van der Waals surface area (Å²) in [6, 6.07) is 6.84. The monoisotopic (exact) mass is 417 g/mol. The van der Waals surface area contributed by atoms with Crippen molar-refractivity contribution in [2.75, 3.05) is 16.8 Å². The molecule has 0 aromatic carbocycles. The van der Waals surface area contributed by atoms with Gasteiger partial charge in [-0.25, -0.2) is 9.37 Å². The number of nitrogens with one attached hydrogen (secondary N) is 1. The van der Waals surface area contributed by atoms with Crippen LogP contribution in [-0.4, -0.2) is 31.1 Å². The lowest BCUT2D eigenvalue weighted by atomic mass is 10.0. The molecule has 1 aliphatic rings. The summed E-state index contributed by atoms with van der Waals surface area (Å²) in [5.74, 6) is 0.360. The molecular weight excluding hydrogens is 397 g/mol. The van der Waals surface area contributed by atoms with Gasteiger partial charge in [-0.1, -0.05) is 0 Å². The Morgan fingerprint density at radius 2 is 1.94 bits per heavy atom. The highest BCUT2D eigenvalue weighted by molar-refractivity contribution is 5.61. The fraction of sp³-hybridized carbons (Fsp3) is 0.227. The van der Waals surface area contributed by atoms with Crippen LogP contribution >= 0.6 is 0 Å². The van der Waals surface area contributed by atoms with Gasteiger partial charge in [0.1, 0.15) is 0 Å². The number of aryl methyl sites for hydroxylation is 2. The first-order valence-electron chi connectivity index (χ1n) is 9.96. The molecule has 0 saturated carbocycles. The van der Waals surface area contributed by atoms with Crippen molar-refractivity contribution in [2.24, 2.45) is 0 Å². The summed E-state index contributed by atoms with van der Waals surface area (Å²) in [6.45, 7) is 4.91. The van der Waals surface area contributed by atoms with Gasteiger partial charge in [-0.2, -0.15) is 4.52 Å². The molecule has 4 aromatic heterocycles. The minimum atomic E-state index is -0.378. The number of hydrogen-bond acceptors (Lipinski definition) is 7. The summed E-state index contributed by atoms with van der Waals surface area (Å²) in [5, 5.41) is 7.65. The fourth-order valence-corrected chi connectivity index (χ4v) is 3.83. The molecule has 8 nitrogen and oxygen atoms in total. The lowest BCUT2D eigenvalue weighted by Gasteiger charge is -2.30. The van der Waals surface area contributed by atoms with E-state index >= 15 is 0 Å². The molecule has 0 aliphatic carbocycles. The van der Waals surface area contributed by atoms with Gasteiger partial charge in [-0.05, 0) is 43.2 Å². The van der Waals surface area contributed by atoms with Crippen molar-refractivity contribution in [2.45, 2.75) is 26.8 Å². The second-order valence-electron chi connectivity index (χ2n) is 7.59. The van der Waals surface area contributed by atoms with Gasteiger partial charge in [0.15, 0.2) is 17.3 Å². The predicted octanol–water partition coefficient (Wildman–Crippen LogP) is 2.94. The second kappa shape index (κ2) is 7.42. The Hall–Kier alpha value is -3.88. The first kappa shape index (κ1) is 19.1. The SMILES string of the molecule is Cc1cc2nccc(=O)n2nc1N1CCc2ncc(Nc3ccnc(C)c3F)cc2C1. The summed E-state index contributed by atoms with van der Waals surface area (Å²) in [4.78, 5) is 27.1. The zero-order valence-electron chi connectivity index (χ0n) is 17.1. The maximum Gasteiger partial charge on any atom is 0.274 e. The number of pyridine rings is 2. The molecule has 0 radical (unpaired) electrons. The van der Waals surface area contributed by atoms with E-state index in [1.54, 1.807) is 25.4 Å². The molecule has 9 heteroatoms. The first-order chi connectivity index (χ1) is 15.0. The Morgan fingerprint density at radius 1 is 1.10 bits per heavy atom. The van der Waals surface area contributed by atoms with Gasteiger partial charge in [-0.3, -0.25) is 14.8 Å². The highest BCUT2D eigenvalue weighted by atomic mass is 19.1. The average molecular weight is 417 g/mol. The Balaban J connectivity index is 1.46. The van der Waals surface area contributed by atoms with Crippen LogP contribution in [0.15, 0.2) is 47.7 Å². The molecule has 0 amide bonds. The lowest BCUT2D eigenvalue weighted by Crippen LogP contribution is -2.33. The van der Waals surface area contributed by atoms with E-state index in [1.165, 1.54) is 16.8 Å². The smallest absolute Gasteiger partial charge is 0.274 e. The zero-order valence-corrected chi connectivity index (χ0v) is 17.1. The Labute approximate surface area is 177 Å². The molecule has 0 saturated heterocycles. The van der Waals surface area contributed by atoms with Gasteiger partial charge in [0.2, 0.25) is 0 Å². The maximum atomic E-state index is 14.3. The topological polar surface area (TPSA) is 88.3 Å². The second-order valence-corrected chi connectivity index (χ2v) is 7.59. The van der Waals surface area contributed by atoms with Gasteiger partial charge >= 0.3 is 0 Å². The van der Waals surface area contributed by atoms with Crippen LogP contribution < -0.4 is 15.8 Å². The van der Waals surface area contributed by atoms with Crippen LogP contribution in [0.4, 0.5) is 21.6 Å². The van der Waals surface area contributed by atoms with Crippen molar-refractivity contribution >= 4 is 22.8 Å². The Bertz CT molecular complexity index is 1370. The molecule has 0 bridgehead atoms. The maximum absolute atomic E-state index is 14.3. The normalized spacial score (nSPS) is 13.3. The van der Waals surface area contributed by atoms with E-state index in [0.29, 0.717) is 29.3 Å². The van der Waals surface area contributed by atoms with Crippen molar-refractivity contribution < 1.29 is 4.39 Å². The number of aromatic nitrogens is 5. The minimum Gasteiger partial charge on any atom is -0.352 e. The van der Waals surface area contributed by atoms with Crippen molar-refractivity contribution in [3.8, 4) is 0 Å². The third-order valence-corrected chi connectivity index (χ3v) is 5.42. The van der Waals surface area contributed by atoms with Crippen molar-refractivity contribution in [1.29, 1.82) is 0 Å². The van der Waals surface area contributed by atoms with Crippen LogP contribution in [0.25, 0.3) is 5.65 Å². The largest absolute Gasteiger partial charge is 0.352 e. The van der Waals surface area contributed by atoms with Gasteiger partial charge in [0, 0.05) is 43.7 Å². The van der Waals surface area contributed by atoms with Crippen molar-refractivity contribution in [3.63, 3.8) is 0 Å². The Morgan fingerprint density at radius 3 is 2.81 bits per heavy atom. The summed E-state index contributed by atoms with van der Waals surface area (Å²) >= 11 is 0. The third kappa shape index (κ3) is 3.48. The number of nitrogens with zero attached hydrogens (tertiary/aromatic N) is 6. The highest BCUT2D eigenvalue weighted by Gasteiger charge is 2.21. The van der Waals surface area contributed by atoms with E-state index in [4.69, 9.17) is 0 Å². The summed E-state index contributed by atoms with van der Waals surface area (Å²) in [6.07, 6.45) is 5.52. The molecule has 0 atom stereocenters. The fourth-order valence-electron chi connectivity index (χ4n) is 3.83. The molecule has 0 fully saturated rings. The van der Waals surface area contributed by atoms with Gasteiger partial charge in [0.25, 0.3) is 5.56 Å². The average Bonchev–Trinajstić information content (AvgIpc) is 2.76. The number of rotatable bonds is 3. The van der Waals surface area contributed by atoms with Crippen LogP contribution in [0.1, 0.15) is 22.5 Å². The number of halogens is 1. The number of fused-ring (bicyclic) bond motifs is 2. The lowest BCUT2D eigenvalue weighted by molar-refractivity contribution is 0.614. The van der Waals surface area contributed by atoms with E-state index < -0.39 is 0 Å². The molecule has 31 heavy (non-hydrogen) atoms. The van der Waals surface area contributed by atoms with E-state index in [9.17, 15) is 9.18 Å². The van der Waals surface area contributed by atoms with Gasteiger partial charge in [-0.15, -0.1) is 5.10 Å². The third-order valence-electron chi connectivity index (χ3n) is 5.42. The van der Waals surface area contributed by atoms with Crippen LogP contribution in [-0.2, 0) is 13.0 Å². The minimum absolute atomic E-state index is 0.216. The molecule has 5 heterocycles. The van der Waals surface area contributed by atoms with E-state index in [0.717, 1.165) is 35.6 Å². The molecule has 5 rings (SSSR count).